The molecule has 4 aromatic rings. The molecule has 6 heteroatoms. The van der Waals surface area contributed by atoms with E-state index in [1.54, 1.807) is 16.4 Å². The third-order valence-corrected chi connectivity index (χ3v) is 5.67. The van der Waals surface area contributed by atoms with Crippen molar-refractivity contribution in [2.45, 2.75) is 18.1 Å². The number of hydrogen-bond acceptors (Lipinski definition) is 4. The molecule has 0 saturated heterocycles. The lowest BCUT2D eigenvalue weighted by Crippen LogP contribution is -2.82. The first-order valence-corrected chi connectivity index (χ1v) is 10.8. The van der Waals surface area contributed by atoms with Crippen LogP contribution < -0.4 is 5.32 Å². The van der Waals surface area contributed by atoms with Crippen molar-refractivity contribution in [3.63, 3.8) is 0 Å². The molecule has 2 N–H and O–H groups in total. The van der Waals surface area contributed by atoms with Crippen LogP contribution in [0.15, 0.2) is 90.1 Å². The Kier molecular flexibility index (Phi) is 6.68. The van der Waals surface area contributed by atoms with Gasteiger partial charge in [0.05, 0.1) is 12.2 Å². The summed E-state index contributed by atoms with van der Waals surface area (Å²) in [6.45, 7) is 2.09. The molecule has 29 heavy (non-hydrogen) atoms. The second-order valence-electron chi connectivity index (χ2n) is 6.76. The number of rotatable bonds is 9. The predicted molar refractivity (Wildman–Crippen MR) is 117 cm³/mol. The number of nitrogens with zero attached hydrogens (tertiary/aromatic N) is 4. The minimum Gasteiger partial charge on any atom is -0.342 e. The van der Waals surface area contributed by atoms with Gasteiger partial charge in [-0.2, -0.15) is 4.68 Å². The summed E-state index contributed by atoms with van der Waals surface area (Å²) < 4.78 is 1.79. The van der Waals surface area contributed by atoms with Gasteiger partial charge in [0.25, 0.3) is 0 Å². The largest absolute Gasteiger partial charge is 0.342 e. The van der Waals surface area contributed by atoms with Crippen LogP contribution >= 0.6 is 11.8 Å². The molecule has 0 fully saturated rings. The van der Waals surface area contributed by atoms with Gasteiger partial charge >= 0.3 is 0 Å². The Morgan fingerprint density at radius 3 is 2.24 bits per heavy atom. The highest BCUT2D eigenvalue weighted by Crippen LogP contribution is 2.19. The van der Waals surface area contributed by atoms with Crippen LogP contribution in [0, 0.1) is 0 Å². The van der Waals surface area contributed by atoms with Crippen molar-refractivity contribution >= 4 is 11.8 Å². The Bertz CT molecular complexity index is 1000. The fourth-order valence-electron chi connectivity index (χ4n) is 3.12. The van der Waals surface area contributed by atoms with Crippen LogP contribution in [0.2, 0.25) is 0 Å². The van der Waals surface area contributed by atoms with Gasteiger partial charge in [0.2, 0.25) is 5.16 Å². The maximum absolute atomic E-state index is 4.15. The summed E-state index contributed by atoms with van der Waals surface area (Å²) in [5.41, 5.74) is 4.87. The number of nitrogens with two attached hydrogens (primary N) is 1. The van der Waals surface area contributed by atoms with Gasteiger partial charge in [0.15, 0.2) is 0 Å². The van der Waals surface area contributed by atoms with Gasteiger partial charge in [-0.25, -0.2) is 0 Å². The van der Waals surface area contributed by atoms with Gasteiger partial charge in [0, 0.05) is 17.7 Å². The Hall–Kier alpha value is -2.96. The first-order chi connectivity index (χ1) is 14.4. The average molecular weight is 403 g/mol. The lowest BCUT2D eigenvalue weighted by Gasteiger charge is -2.05. The average Bonchev–Trinajstić information content (AvgIpc) is 3.26. The van der Waals surface area contributed by atoms with Crippen molar-refractivity contribution < 1.29 is 5.32 Å². The number of aromatic nitrogens is 4. The van der Waals surface area contributed by atoms with Crippen molar-refractivity contribution in [1.82, 2.24) is 20.2 Å². The predicted octanol–water partition coefficient (Wildman–Crippen LogP) is 3.58. The van der Waals surface area contributed by atoms with Crippen LogP contribution in [0.25, 0.3) is 16.8 Å². The molecule has 4 rings (SSSR count). The van der Waals surface area contributed by atoms with E-state index in [-0.39, 0.29) is 0 Å². The van der Waals surface area contributed by atoms with E-state index in [2.05, 4.69) is 69.4 Å². The maximum atomic E-state index is 4.15. The van der Waals surface area contributed by atoms with Crippen LogP contribution in [0.3, 0.4) is 0 Å². The molecular formula is C23H24N5S+. The van der Waals surface area contributed by atoms with E-state index in [0.717, 1.165) is 36.1 Å². The lowest BCUT2D eigenvalue weighted by molar-refractivity contribution is -0.670. The van der Waals surface area contributed by atoms with E-state index in [0.29, 0.717) is 0 Å². The molecule has 1 heterocycles. The Balaban J connectivity index is 1.19. The number of tetrazole rings is 1. The molecule has 0 unspecified atom stereocenters. The molecule has 0 aliphatic rings. The van der Waals surface area contributed by atoms with Crippen LogP contribution in [0.4, 0.5) is 0 Å². The standard InChI is InChI=1S/C23H23N5S/c1-3-8-20(9-4-1)21-14-12-19(13-15-21)18-24-16-7-17-29-23-25-26-27-28(23)22-10-5-2-6-11-22/h1-6,8-15,24H,7,16-18H2/p+1. The monoisotopic (exact) mass is 402 g/mol. The Labute approximate surface area is 175 Å². The van der Waals surface area contributed by atoms with Crippen LogP contribution in [0.1, 0.15) is 12.0 Å². The van der Waals surface area contributed by atoms with Gasteiger partial charge in [0.1, 0.15) is 6.54 Å². The van der Waals surface area contributed by atoms with Crippen molar-refractivity contribution in [1.29, 1.82) is 0 Å². The smallest absolute Gasteiger partial charge is 0.214 e. The minimum atomic E-state index is 0.840. The molecule has 0 spiro atoms. The SMILES string of the molecule is c1ccc(-c2ccc(C[NH2+]CCCSc3nnnn3-c3ccccc3)cc2)cc1. The zero-order valence-electron chi connectivity index (χ0n) is 16.2. The van der Waals surface area contributed by atoms with E-state index in [9.17, 15) is 0 Å². The zero-order valence-corrected chi connectivity index (χ0v) is 17.0. The molecular weight excluding hydrogens is 378 g/mol. The summed E-state index contributed by atoms with van der Waals surface area (Å²) in [6, 6.07) is 29.4. The Morgan fingerprint density at radius 1 is 0.793 bits per heavy atom. The van der Waals surface area contributed by atoms with Gasteiger partial charge in [-0.05, 0) is 33.7 Å². The van der Waals surface area contributed by atoms with Crippen LogP contribution in [-0.2, 0) is 6.54 Å². The summed E-state index contributed by atoms with van der Waals surface area (Å²) in [7, 11) is 0. The Morgan fingerprint density at radius 2 is 1.48 bits per heavy atom. The summed E-state index contributed by atoms with van der Waals surface area (Å²) >= 11 is 1.70. The highest BCUT2D eigenvalue weighted by Gasteiger charge is 2.08. The molecule has 0 saturated carbocycles. The molecule has 0 aliphatic heterocycles. The topological polar surface area (TPSA) is 60.2 Å². The van der Waals surface area contributed by atoms with Gasteiger partial charge < -0.3 is 5.32 Å². The highest BCUT2D eigenvalue weighted by molar-refractivity contribution is 7.99. The quantitative estimate of drug-likeness (QED) is 0.343. The summed E-state index contributed by atoms with van der Waals surface area (Å²) in [5.74, 6) is 0.997. The van der Waals surface area contributed by atoms with Gasteiger partial charge in [-0.3, -0.25) is 0 Å². The van der Waals surface area contributed by atoms with Crippen molar-refractivity contribution in [2.24, 2.45) is 0 Å². The third kappa shape index (κ3) is 5.31. The molecule has 3 aromatic carbocycles. The number of para-hydroxylation sites is 1. The summed E-state index contributed by atoms with van der Waals surface area (Å²) in [5, 5.41) is 15.3. The molecule has 0 amide bonds. The van der Waals surface area contributed by atoms with E-state index in [1.807, 2.05) is 36.4 Å². The molecule has 0 atom stereocenters. The van der Waals surface area contributed by atoms with Crippen molar-refractivity contribution in [2.75, 3.05) is 12.3 Å². The van der Waals surface area contributed by atoms with E-state index in [4.69, 9.17) is 0 Å². The van der Waals surface area contributed by atoms with E-state index in [1.165, 1.54) is 16.7 Å². The molecule has 146 valence electrons. The number of benzene rings is 3. The van der Waals surface area contributed by atoms with E-state index < -0.39 is 0 Å². The van der Waals surface area contributed by atoms with Crippen molar-refractivity contribution in [3.8, 4) is 16.8 Å². The number of hydrogen-bond donors (Lipinski definition) is 1. The zero-order chi connectivity index (χ0) is 19.7. The number of thioether (sulfide) groups is 1. The van der Waals surface area contributed by atoms with Crippen LogP contribution in [-0.4, -0.2) is 32.5 Å². The number of quaternary nitrogens is 1. The van der Waals surface area contributed by atoms with Gasteiger partial charge in [-0.1, -0.05) is 84.6 Å². The highest BCUT2D eigenvalue weighted by atomic mass is 32.2. The van der Waals surface area contributed by atoms with Gasteiger partial charge in [-0.15, -0.1) is 5.10 Å². The molecule has 1 aromatic heterocycles. The molecule has 0 aliphatic carbocycles. The first-order valence-electron chi connectivity index (χ1n) is 9.83. The maximum Gasteiger partial charge on any atom is 0.214 e. The van der Waals surface area contributed by atoms with E-state index >= 15 is 0 Å². The fraction of sp³-hybridized carbons (Fsp3) is 0.174. The fourth-order valence-corrected chi connectivity index (χ4v) is 3.98. The first kappa shape index (κ1) is 19.4. The summed E-state index contributed by atoms with van der Waals surface area (Å²) in [4.78, 5) is 0. The second kappa shape index (κ2) is 10.0. The molecule has 0 radical (unpaired) electrons. The normalized spacial score (nSPS) is 10.9. The molecule has 0 bridgehead atoms. The lowest BCUT2D eigenvalue weighted by atomic mass is 10.0. The third-order valence-electron chi connectivity index (χ3n) is 4.67. The van der Waals surface area contributed by atoms with Crippen molar-refractivity contribution in [3.05, 3.63) is 90.5 Å². The molecule has 5 nitrogen and oxygen atoms in total. The van der Waals surface area contributed by atoms with Crippen LogP contribution in [0.5, 0.6) is 0 Å². The minimum absolute atomic E-state index is 0.840. The summed E-state index contributed by atoms with van der Waals surface area (Å²) in [6.07, 6.45) is 1.11. The second-order valence-corrected chi connectivity index (χ2v) is 7.82.